The van der Waals surface area contributed by atoms with E-state index < -0.39 is 10.0 Å². The van der Waals surface area contributed by atoms with Gasteiger partial charge in [-0.05, 0) is 24.3 Å². The number of benzene rings is 1. The lowest BCUT2D eigenvalue weighted by Crippen LogP contribution is -2.28. The highest BCUT2D eigenvalue weighted by Crippen LogP contribution is 2.30. The molecule has 0 unspecified atom stereocenters. The van der Waals surface area contributed by atoms with E-state index in [0.29, 0.717) is 27.8 Å². The zero-order valence-corrected chi connectivity index (χ0v) is 14.9. The van der Waals surface area contributed by atoms with Crippen LogP contribution in [0.3, 0.4) is 0 Å². The van der Waals surface area contributed by atoms with Crippen molar-refractivity contribution in [2.45, 2.75) is 0 Å². The summed E-state index contributed by atoms with van der Waals surface area (Å²) in [7, 11) is -3.65. The maximum atomic E-state index is 11.8. The van der Waals surface area contributed by atoms with Crippen LogP contribution in [0.4, 0.5) is 0 Å². The molecule has 130 valence electrons. The number of nitrogens with zero attached hydrogens (tertiary/aromatic N) is 3. The number of fused-ring (bicyclic) bond motifs is 1. The molecule has 0 radical (unpaired) electrons. The molecule has 0 saturated carbocycles. The Balaban J connectivity index is 1.66. The second-order valence-electron chi connectivity index (χ2n) is 5.49. The molecule has 0 spiro atoms. The van der Waals surface area contributed by atoms with Gasteiger partial charge in [0.05, 0.1) is 10.4 Å². The molecular formula is C18H12ClN3O3S. The molecule has 8 heteroatoms. The van der Waals surface area contributed by atoms with Gasteiger partial charge in [0.2, 0.25) is 5.88 Å². The zero-order valence-electron chi connectivity index (χ0n) is 13.3. The topological polar surface area (TPSA) is 71.9 Å². The molecule has 0 amide bonds. The third-order valence-electron chi connectivity index (χ3n) is 3.65. The van der Waals surface area contributed by atoms with Crippen molar-refractivity contribution >= 4 is 33.0 Å². The van der Waals surface area contributed by atoms with Crippen LogP contribution in [0, 0.1) is 0 Å². The van der Waals surface area contributed by atoms with E-state index in [-0.39, 0.29) is 5.84 Å². The highest BCUT2D eigenvalue weighted by Gasteiger charge is 2.25. The van der Waals surface area contributed by atoms with E-state index in [1.54, 1.807) is 35.5 Å². The molecule has 1 aromatic heterocycles. The van der Waals surface area contributed by atoms with Crippen molar-refractivity contribution in [3.63, 3.8) is 0 Å². The van der Waals surface area contributed by atoms with E-state index >= 15 is 0 Å². The number of ether oxygens (including phenoxy) is 1. The molecule has 0 aliphatic carbocycles. The molecule has 0 saturated heterocycles. The van der Waals surface area contributed by atoms with Crippen molar-refractivity contribution in [1.82, 2.24) is 9.88 Å². The molecule has 0 bridgehead atoms. The first-order chi connectivity index (χ1) is 12.5. The minimum absolute atomic E-state index is 0.274. The summed E-state index contributed by atoms with van der Waals surface area (Å²) in [6.45, 7) is 0. The van der Waals surface area contributed by atoms with Gasteiger partial charge in [0.15, 0.2) is 5.84 Å². The number of pyridine rings is 1. The second kappa shape index (κ2) is 6.44. The Morgan fingerprint density at radius 1 is 1.08 bits per heavy atom. The van der Waals surface area contributed by atoms with E-state index in [1.165, 1.54) is 6.20 Å². The van der Waals surface area contributed by atoms with E-state index in [2.05, 4.69) is 9.38 Å². The lowest BCUT2D eigenvalue weighted by atomic mass is 10.0. The number of halogens is 1. The summed E-state index contributed by atoms with van der Waals surface area (Å²) in [6.07, 6.45) is 6.24. The fraction of sp³-hybridized carbons (Fsp3) is 0. The number of para-hydroxylation sites is 1. The van der Waals surface area contributed by atoms with E-state index in [0.717, 1.165) is 5.41 Å². The van der Waals surface area contributed by atoms with Crippen molar-refractivity contribution in [1.29, 1.82) is 0 Å². The van der Waals surface area contributed by atoms with Gasteiger partial charge in [-0.15, -0.1) is 4.40 Å². The first-order valence-electron chi connectivity index (χ1n) is 7.60. The Kier molecular flexibility index (Phi) is 4.10. The van der Waals surface area contributed by atoms with Gasteiger partial charge < -0.3 is 9.64 Å². The Hall–Kier alpha value is -2.90. The first kappa shape index (κ1) is 16.6. The third kappa shape index (κ3) is 3.40. The van der Waals surface area contributed by atoms with Crippen LogP contribution in [-0.4, -0.2) is 24.1 Å². The molecule has 3 heterocycles. The summed E-state index contributed by atoms with van der Waals surface area (Å²) in [5, 5.41) is 1.47. The van der Waals surface area contributed by atoms with Gasteiger partial charge >= 0.3 is 0 Å². The largest absolute Gasteiger partial charge is 0.439 e. The molecule has 0 N–H and O–H groups in total. The fourth-order valence-corrected chi connectivity index (χ4v) is 3.49. The number of rotatable bonds is 3. The molecule has 4 rings (SSSR count). The maximum absolute atomic E-state index is 11.8. The quantitative estimate of drug-likeness (QED) is 0.802. The number of hydrogen-bond donors (Lipinski definition) is 0. The average molecular weight is 386 g/mol. The summed E-state index contributed by atoms with van der Waals surface area (Å²) in [6, 6.07) is 12.8. The number of hydrogen-bond acceptors (Lipinski definition) is 5. The van der Waals surface area contributed by atoms with Crippen LogP contribution >= 0.6 is 11.6 Å². The maximum Gasteiger partial charge on any atom is 0.278 e. The van der Waals surface area contributed by atoms with E-state index in [4.69, 9.17) is 16.3 Å². The number of allylic oxidation sites excluding steroid dienone is 2. The van der Waals surface area contributed by atoms with E-state index in [1.807, 2.05) is 30.3 Å². The summed E-state index contributed by atoms with van der Waals surface area (Å²) in [5.41, 5.74) is 1.23. The van der Waals surface area contributed by atoms with Crippen LogP contribution in [0.2, 0.25) is 0 Å². The van der Waals surface area contributed by atoms with Gasteiger partial charge in [-0.1, -0.05) is 29.8 Å². The van der Waals surface area contributed by atoms with Crippen molar-refractivity contribution in [3.8, 4) is 11.6 Å². The van der Waals surface area contributed by atoms with Gasteiger partial charge in [-0.25, -0.2) is 4.98 Å². The smallest absolute Gasteiger partial charge is 0.278 e. The average Bonchev–Trinajstić information content (AvgIpc) is 2.63. The minimum Gasteiger partial charge on any atom is -0.439 e. The summed E-state index contributed by atoms with van der Waals surface area (Å²) < 4.78 is 33.1. The fourth-order valence-electron chi connectivity index (χ4n) is 2.50. The van der Waals surface area contributed by atoms with Gasteiger partial charge in [0.1, 0.15) is 5.75 Å². The van der Waals surface area contributed by atoms with Crippen molar-refractivity contribution in [2.75, 3.05) is 0 Å². The van der Waals surface area contributed by atoms with Crippen LogP contribution in [0.1, 0.15) is 5.56 Å². The van der Waals surface area contributed by atoms with Crippen LogP contribution in [0.25, 0.3) is 5.57 Å². The molecule has 26 heavy (non-hydrogen) atoms. The van der Waals surface area contributed by atoms with Gasteiger partial charge in [-0.2, -0.15) is 8.42 Å². The lowest BCUT2D eigenvalue weighted by molar-refractivity contribution is 0.463. The molecule has 1 aromatic carbocycles. The molecular weight excluding hydrogens is 374 g/mol. The van der Waals surface area contributed by atoms with Crippen molar-refractivity contribution < 1.29 is 13.2 Å². The predicted molar refractivity (Wildman–Crippen MR) is 100.0 cm³/mol. The normalized spacial score (nSPS) is 17.7. The van der Waals surface area contributed by atoms with E-state index in [9.17, 15) is 8.42 Å². The lowest BCUT2D eigenvalue weighted by Gasteiger charge is -2.26. The molecule has 2 aliphatic heterocycles. The standard InChI is InChI=1S/C18H12ClN3O3S/c19-14-10-16(18-21-26(23,24)9-8-22(18)12-14)13-6-7-17(20-11-13)25-15-4-2-1-3-5-15/h1-12H. The molecule has 6 nitrogen and oxygen atoms in total. The first-order valence-corrected chi connectivity index (χ1v) is 9.48. The molecule has 2 aromatic rings. The minimum atomic E-state index is -3.65. The predicted octanol–water partition coefficient (Wildman–Crippen LogP) is 3.87. The van der Waals surface area contributed by atoms with Crippen molar-refractivity contribution in [3.05, 3.63) is 83.1 Å². The Morgan fingerprint density at radius 2 is 1.88 bits per heavy atom. The Morgan fingerprint density at radius 3 is 2.62 bits per heavy atom. The van der Waals surface area contributed by atoms with Gasteiger partial charge in [0, 0.05) is 35.8 Å². The van der Waals surface area contributed by atoms with Gasteiger partial charge in [-0.3, -0.25) is 0 Å². The second-order valence-corrected chi connectivity index (χ2v) is 7.42. The molecule has 0 fully saturated rings. The van der Waals surface area contributed by atoms with Crippen LogP contribution in [0.15, 0.2) is 82.0 Å². The summed E-state index contributed by atoms with van der Waals surface area (Å²) in [4.78, 5) is 5.84. The SMILES string of the molecule is O=S1(=O)C=CN2C=C(Cl)C=C(c3ccc(Oc4ccccc4)nc3)C2=N1. The zero-order chi connectivity index (χ0) is 18.1. The molecule has 0 atom stereocenters. The highest BCUT2D eigenvalue weighted by atomic mass is 35.5. The Labute approximate surface area is 155 Å². The molecule has 2 aliphatic rings. The monoisotopic (exact) mass is 385 g/mol. The van der Waals surface area contributed by atoms with Crippen LogP contribution < -0.4 is 4.74 Å². The van der Waals surface area contributed by atoms with Crippen LogP contribution in [-0.2, 0) is 10.0 Å². The highest BCUT2D eigenvalue weighted by molar-refractivity contribution is 7.93. The number of aromatic nitrogens is 1. The summed E-state index contributed by atoms with van der Waals surface area (Å²) >= 11 is 6.15. The number of sulfonamides is 1. The Bertz CT molecular complexity index is 1070. The van der Waals surface area contributed by atoms with Crippen molar-refractivity contribution in [2.24, 2.45) is 4.40 Å². The number of amidine groups is 1. The third-order valence-corrected chi connectivity index (χ3v) is 4.75. The summed E-state index contributed by atoms with van der Waals surface area (Å²) in [5.74, 6) is 1.37. The van der Waals surface area contributed by atoms with Gasteiger partial charge in [0.25, 0.3) is 10.0 Å². The van der Waals surface area contributed by atoms with Crippen LogP contribution in [0.5, 0.6) is 11.6 Å².